The maximum atomic E-state index is 5.75. The van der Waals surface area contributed by atoms with Gasteiger partial charge in [-0.25, -0.2) is 9.97 Å². The van der Waals surface area contributed by atoms with Gasteiger partial charge in [-0.15, -0.1) is 0 Å². The van der Waals surface area contributed by atoms with Gasteiger partial charge in [-0.05, 0) is 25.5 Å². The highest BCUT2D eigenvalue weighted by Gasteiger charge is 2.24. The number of ether oxygens (including phenoxy) is 2. The van der Waals surface area contributed by atoms with E-state index >= 15 is 0 Å². The lowest BCUT2D eigenvalue weighted by Crippen LogP contribution is -2.22. The number of aromatic nitrogens is 2. The molecule has 0 amide bonds. The van der Waals surface area contributed by atoms with Crippen molar-refractivity contribution in [2.75, 3.05) is 19.0 Å². The minimum Gasteiger partial charge on any atom is -0.493 e. The van der Waals surface area contributed by atoms with E-state index in [1.165, 1.54) is 0 Å². The van der Waals surface area contributed by atoms with Crippen molar-refractivity contribution in [1.29, 1.82) is 0 Å². The smallest absolute Gasteiger partial charge is 0.223 e. The molecule has 0 saturated carbocycles. The van der Waals surface area contributed by atoms with Gasteiger partial charge < -0.3 is 14.8 Å². The predicted octanol–water partition coefficient (Wildman–Crippen LogP) is 3.04. The van der Waals surface area contributed by atoms with Gasteiger partial charge in [0.2, 0.25) is 5.95 Å². The minimum absolute atomic E-state index is 0.131. The molecule has 1 aromatic carbocycles. The summed E-state index contributed by atoms with van der Waals surface area (Å²) in [5, 5.41) is 3.40. The maximum Gasteiger partial charge on any atom is 0.223 e. The van der Waals surface area contributed by atoms with Crippen LogP contribution in [-0.4, -0.2) is 23.7 Å². The van der Waals surface area contributed by atoms with E-state index in [2.05, 4.69) is 21.4 Å². The van der Waals surface area contributed by atoms with Crippen LogP contribution < -0.4 is 14.8 Å². The SMILES string of the molecule is COc1cccc2c1OCCC2Nc1ncc(C)c(C)n1. The lowest BCUT2D eigenvalue weighted by molar-refractivity contribution is 0.257. The summed E-state index contributed by atoms with van der Waals surface area (Å²) in [4.78, 5) is 8.84. The molecule has 1 atom stereocenters. The van der Waals surface area contributed by atoms with E-state index in [1.54, 1.807) is 7.11 Å². The van der Waals surface area contributed by atoms with Gasteiger partial charge in [0.1, 0.15) is 0 Å². The van der Waals surface area contributed by atoms with Gasteiger partial charge in [0.25, 0.3) is 0 Å². The molecule has 5 nitrogen and oxygen atoms in total. The van der Waals surface area contributed by atoms with Gasteiger partial charge in [0.05, 0.1) is 19.8 Å². The van der Waals surface area contributed by atoms with Crippen molar-refractivity contribution < 1.29 is 9.47 Å². The number of methoxy groups -OCH3 is 1. The molecule has 0 spiro atoms. The Bertz CT molecular complexity index is 658. The van der Waals surface area contributed by atoms with E-state index in [-0.39, 0.29) is 6.04 Å². The molecule has 1 aromatic heterocycles. The van der Waals surface area contributed by atoms with Crippen molar-refractivity contribution in [3.8, 4) is 11.5 Å². The molecule has 0 saturated heterocycles. The Hall–Kier alpha value is -2.30. The molecule has 1 unspecified atom stereocenters. The predicted molar refractivity (Wildman–Crippen MR) is 81.0 cm³/mol. The molecule has 0 fully saturated rings. The number of aryl methyl sites for hydroxylation is 2. The maximum absolute atomic E-state index is 5.75. The van der Waals surface area contributed by atoms with E-state index in [1.807, 2.05) is 32.2 Å². The molecule has 5 heteroatoms. The fourth-order valence-corrected chi connectivity index (χ4v) is 2.46. The van der Waals surface area contributed by atoms with Crippen LogP contribution in [0.25, 0.3) is 0 Å². The Morgan fingerprint density at radius 3 is 2.95 bits per heavy atom. The first-order valence-corrected chi connectivity index (χ1v) is 7.05. The Labute approximate surface area is 124 Å². The quantitative estimate of drug-likeness (QED) is 0.939. The molecule has 0 bridgehead atoms. The second kappa shape index (κ2) is 5.60. The summed E-state index contributed by atoms with van der Waals surface area (Å²) in [7, 11) is 1.66. The fourth-order valence-electron chi connectivity index (χ4n) is 2.46. The minimum atomic E-state index is 0.131. The largest absolute Gasteiger partial charge is 0.493 e. The van der Waals surface area contributed by atoms with Crippen LogP contribution in [0.4, 0.5) is 5.95 Å². The van der Waals surface area contributed by atoms with Crippen molar-refractivity contribution in [2.45, 2.75) is 26.3 Å². The van der Waals surface area contributed by atoms with Crippen LogP contribution >= 0.6 is 0 Å². The van der Waals surface area contributed by atoms with Gasteiger partial charge >= 0.3 is 0 Å². The normalized spacial score (nSPS) is 16.8. The average molecular weight is 285 g/mol. The van der Waals surface area contributed by atoms with E-state index in [9.17, 15) is 0 Å². The monoisotopic (exact) mass is 285 g/mol. The van der Waals surface area contributed by atoms with Crippen LogP contribution in [0.15, 0.2) is 24.4 Å². The van der Waals surface area contributed by atoms with Crippen LogP contribution in [0.3, 0.4) is 0 Å². The van der Waals surface area contributed by atoms with Gasteiger partial charge in [-0.1, -0.05) is 12.1 Å². The molecule has 1 aliphatic heterocycles. The highest BCUT2D eigenvalue weighted by molar-refractivity contribution is 5.51. The first-order valence-electron chi connectivity index (χ1n) is 7.05. The summed E-state index contributed by atoms with van der Waals surface area (Å²) in [6.45, 7) is 4.65. The van der Waals surface area contributed by atoms with Crippen molar-refractivity contribution in [3.05, 3.63) is 41.2 Å². The van der Waals surface area contributed by atoms with Crippen LogP contribution in [0.2, 0.25) is 0 Å². The third-order valence-electron chi connectivity index (χ3n) is 3.79. The standard InChI is InChI=1S/C16H19N3O2/c1-10-9-17-16(18-11(10)2)19-13-7-8-21-15-12(13)5-4-6-14(15)20-3/h4-6,9,13H,7-8H2,1-3H3,(H,17,18,19). The number of nitrogens with one attached hydrogen (secondary N) is 1. The summed E-state index contributed by atoms with van der Waals surface area (Å²) in [6.07, 6.45) is 2.72. The lowest BCUT2D eigenvalue weighted by Gasteiger charge is -2.27. The number of fused-ring (bicyclic) bond motifs is 1. The second-order valence-corrected chi connectivity index (χ2v) is 5.17. The average Bonchev–Trinajstić information content (AvgIpc) is 2.51. The summed E-state index contributed by atoms with van der Waals surface area (Å²) in [5.41, 5.74) is 3.17. The van der Waals surface area contributed by atoms with Crippen LogP contribution in [0, 0.1) is 13.8 Å². The zero-order valence-corrected chi connectivity index (χ0v) is 12.5. The van der Waals surface area contributed by atoms with Crippen molar-refractivity contribution in [3.63, 3.8) is 0 Å². The van der Waals surface area contributed by atoms with Gasteiger partial charge in [-0.2, -0.15) is 0 Å². The molecule has 2 aromatic rings. The molecule has 0 aliphatic carbocycles. The molecule has 110 valence electrons. The summed E-state index contributed by atoms with van der Waals surface area (Å²) in [6, 6.07) is 6.07. The molecule has 0 radical (unpaired) electrons. The Morgan fingerprint density at radius 2 is 2.19 bits per heavy atom. The molecule has 2 heterocycles. The molecule has 21 heavy (non-hydrogen) atoms. The zero-order chi connectivity index (χ0) is 14.8. The van der Waals surface area contributed by atoms with Crippen molar-refractivity contribution >= 4 is 5.95 Å². The van der Waals surface area contributed by atoms with Gasteiger partial charge in [-0.3, -0.25) is 0 Å². The van der Waals surface area contributed by atoms with Gasteiger partial charge in [0.15, 0.2) is 11.5 Å². The Kier molecular flexibility index (Phi) is 3.64. The Morgan fingerprint density at radius 1 is 1.33 bits per heavy atom. The third kappa shape index (κ3) is 2.63. The zero-order valence-electron chi connectivity index (χ0n) is 12.5. The third-order valence-corrected chi connectivity index (χ3v) is 3.79. The van der Waals surface area contributed by atoms with Crippen LogP contribution in [-0.2, 0) is 0 Å². The summed E-state index contributed by atoms with van der Waals surface area (Å²) < 4.78 is 11.1. The van der Waals surface area contributed by atoms with Gasteiger partial charge in [0, 0.05) is 23.9 Å². The molecular weight excluding hydrogens is 266 g/mol. The lowest BCUT2D eigenvalue weighted by atomic mass is 10.0. The summed E-state index contributed by atoms with van der Waals surface area (Å²) >= 11 is 0. The van der Waals surface area contributed by atoms with Crippen LogP contribution in [0.1, 0.15) is 29.3 Å². The van der Waals surface area contributed by atoms with E-state index in [0.717, 1.165) is 34.7 Å². The highest BCUT2D eigenvalue weighted by atomic mass is 16.5. The number of anilines is 1. The summed E-state index contributed by atoms with van der Waals surface area (Å²) in [5.74, 6) is 2.23. The number of nitrogens with zero attached hydrogens (tertiary/aromatic N) is 2. The number of rotatable bonds is 3. The Balaban J connectivity index is 1.90. The molecule has 3 rings (SSSR count). The van der Waals surface area contributed by atoms with E-state index < -0.39 is 0 Å². The second-order valence-electron chi connectivity index (χ2n) is 5.17. The van der Waals surface area contributed by atoms with Crippen molar-refractivity contribution in [2.24, 2.45) is 0 Å². The topological polar surface area (TPSA) is 56.3 Å². The van der Waals surface area contributed by atoms with Crippen molar-refractivity contribution in [1.82, 2.24) is 9.97 Å². The van der Waals surface area contributed by atoms with Crippen LogP contribution in [0.5, 0.6) is 11.5 Å². The fraction of sp³-hybridized carbons (Fsp3) is 0.375. The number of hydrogen-bond donors (Lipinski definition) is 1. The number of para-hydroxylation sites is 1. The molecule has 1 N–H and O–H groups in total. The van der Waals surface area contributed by atoms with E-state index in [0.29, 0.717) is 12.6 Å². The van der Waals surface area contributed by atoms with E-state index in [4.69, 9.17) is 9.47 Å². The molecule has 1 aliphatic rings. The highest BCUT2D eigenvalue weighted by Crippen LogP contribution is 2.40. The first-order chi connectivity index (χ1) is 10.2. The number of benzene rings is 1. The first kappa shape index (κ1) is 13.7. The molecular formula is C16H19N3O2. The number of hydrogen-bond acceptors (Lipinski definition) is 5.